The molecule has 0 radical (unpaired) electrons. The van der Waals surface area contributed by atoms with E-state index in [4.69, 9.17) is 0 Å². The lowest BCUT2D eigenvalue weighted by atomic mass is 10.2. The smallest absolute Gasteiger partial charge is 0.152 e. The number of rotatable bonds is 9. The second-order valence-electron chi connectivity index (χ2n) is 4.96. The van der Waals surface area contributed by atoms with Crippen LogP contribution >= 0.6 is 0 Å². The maximum absolute atomic E-state index is 11.5. The molecule has 0 aromatic heterocycles. The van der Waals surface area contributed by atoms with Gasteiger partial charge in [0.1, 0.15) is 0 Å². The highest BCUT2D eigenvalue weighted by atomic mass is 32.2. The Morgan fingerprint density at radius 1 is 0.941 bits per heavy atom. The second kappa shape index (κ2) is 8.25. The van der Waals surface area contributed by atoms with Crippen LogP contribution in [0.25, 0.3) is 0 Å². The first-order valence-corrected chi connectivity index (χ1v) is 9.46. The molecule has 0 saturated carbocycles. The molecule has 0 aliphatic rings. The van der Waals surface area contributed by atoms with Crippen molar-refractivity contribution in [3.05, 3.63) is 0 Å². The molecule has 0 aliphatic heterocycles. The van der Waals surface area contributed by atoms with E-state index in [1.54, 1.807) is 13.8 Å². The molecule has 104 valence electrons. The first kappa shape index (κ1) is 17.1. The molecule has 1 atom stereocenters. The Hall–Kier alpha value is 0.1000. The summed E-state index contributed by atoms with van der Waals surface area (Å²) in [4.78, 5) is 0. The third-order valence-corrected chi connectivity index (χ3v) is 6.81. The topological polar surface area (TPSA) is 51.2 Å². The molecule has 3 nitrogen and oxygen atoms in total. The van der Waals surface area contributed by atoms with Crippen LogP contribution in [0.2, 0.25) is 0 Å². The van der Waals surface area contributed by atoms with E-state index in [0.717, 1.165) is 31.4 Å². The lowest BCUT2D eigenvalue weighted by molar-refractivity contribution is 0.580. The van der Waals surface area contributed by atoms with E-state index >= 15 is 0 Å². The van der Waals surface area contributed by atoms with Gasteiger partial charge in [-0.15, -0.1) is 0 Å². The summed E-state index contributed by atoms with van der Waals surface area (Å²) in [7, 11) is -3.59. The second-order valence-corrected chi connectivity index (χ2v) is 9.75. The zero-order chi connectivity index (χ0) is 13.5. The van der Waals surface area contributed by atoms with Crippen molar-refractivity contribution in [1.82, 2.24) is 0 Å². The maximum atomic E-state index is 11.5. The van der Waals surface area contributed by atoms with Crippen molar-refractivity contribution in [2.75, 3.05) is 11.5 Å². The molecule has 0 spiro atoms. The lowest BCUT2D eigenvalue weighted by Gasteiger charge is -2.07. The number of sulfone groups is 1. The van der Waals surface area contributed by atoms with E-state index in [9.17, 15) is 12.6 Å². The summed E-state index contributed by atoms with van der Waals surface area (Å²) in [5, 5.41) is -0.0349. The van der Waals surface area contributed by atoms with Gasteiger partial charge >= 0.3 is 0 Å². The van der Waals surface area contributed by atoms with Crippen LogP contribution in [0.15, 0.2) is 0 Å². The van der Waals surface area contributed by atoms with Gasteiger partial charge < -0.3 is 0 Å². The molecule has 0 amide bonds. The van der Waals surface area contributed by atoms with Gasteiger partial charge in [-0.25, -0.2) is 8.42 Å². The highest BCUT2D eigenvalue weighted by Crippen LogP contribution is 2.08. The molecule has 0 aliphatic carbocycles. The minimum absolute atomic E-state index is 0.233. The van der Waals surface area contributed by atoms with Crippen LogP contribution in [0, 0.1) is 0 Å². The van der Waals surface area contributed by atoms with Crippen molar-refractivity contribution >= 4 is 20.6 Å². The number of hydrogen-bond acceptors (Lipinski definition) is 3. The van der Waals surface area contributed by atoms with Crippen molar-refractivity contribution in [3.63, 3.8) is 0 Å². The van der Waals surface area contributed by atoms with E-state index in [1.807, 2.05) is 13.8 Å². The van der Waals surface area contributed by atoms with Crippen molar-refractivity contribution < 1.29 is 12.6 Å². The molecule has 0 fully saturated rings. The molecular formula is C12H26O3S2. The minimum Gasteiger partial charge on any atom is -0.259 e. The first-order chi connectivity index (χ1) is 7.77. The molecule has 0 heterocycles. The fraction of sp³-hybridized carbons (Fsp3) is 1.00. The Labute approximate surface area is 109 Å². The maximum Gasteiger partial charge on any atom is 0.152 e. The van der Waals surface area contributed by atoms with Gasteiger partial charge in [-0.3, -0.25) is 4.21 Å². The minimum atomic E-state index is -2.88. The fourth-order valence-corrected chi connectivity index (χ4v) is 3.41. The monoisotopic (exact) mass is 282 g/mol. The van der Waals surface area contributed by atoms with Crippen LogP contribution in [0.4, 0.5) is 0 Å². The van der Waals surface area contributed by atoms with Crippen molar-refractivity contribution in [3.8, 4) is 0 Å². The van der Waals surface area contributed by atoms with E-state index in [1.165, 1.54) is 0 Å². The summed E-state index contributed by atoms with van der Waals surface area (Å²) in [6.45, 7) is 7.37. The van der Waals surface area contributed by atoms with Gasteiger partial charge in [0.05, 0.1) is 11.0 Å². The largest absolute Gasteiger partial charge is 0.259 e. The van der Waals surface area contributed by atoms with Gasteiger partial charge in [0.25, 0.3) is 0 Å². The predicted octanol–water partition coefficient (Wildman–Crippen LogP) is 2.53. The molecule has 5 heteroatoms. The normalized spacial score (nSPS) is 14.5. The van der Waals surface area contributed by atoms with E-state index in [2.05, 4.69) is 0 Å². The highest BCUT2D eigenvalue weighted by Gasteiger charge is 2.14. The highest BCUT2D eigenvalue weighted by molar-refractivity contribution is 7.91. The van der Waals surface area contributed by atoms with Crippen LogP contribution < -0.4 is 0 Å². The third-order valence-electron chi connectivity index (χ3n) is 2.77. The standard InChI is InChI=1S/C12H26O3S2/c1-11(2)16(13)9-7-5-6-8-10-17(14,15)12(3)4/h11-12H,5-10H2,1-4H3. The average molecular weight is 282 g/mol. The quantitative estimate of drug-likeness (QED) is 0.611. The summed E-state index contributed by atoms with van der Waals surface area (Å²) in [6.07, 6.45) is 3.56. The summed E-state index contributed by atoms with van der Waals surface area (Å²) >= 11 is 0. The van der Waals surface area contributed by atoms with E-state index in [-0.39, 0.29) is 16.3 Å². The Kier molecular flexibility index (Phi) is 8.29. The molecule has 17 heavy (non-hydrogen) atoms. The average Bonchev–Trinajstić information content (AvgIpc) is 2.22. The van der Waals surface area contributed by atoms with E-state index in [0.29, 0.717) is 0 Å². The van der Waals surface area contributed by atoms with Gasteiger partial charge in [0, 0.05) is 21.8 Å². The van der Waals surface area contributed by atoms with Crippen molar-refractivity contribution in [2.45, 2.75) is 63.9 Å². The molecule has 0 bridgehead atoms. The Balaban J connectivity index is 3.58. The zero-order valence-electron chi connectivity index (χ0n) is 11.4. The Morgan fingerprint density at radius 2 is 1.47 bits per heavy atom. The van der Waals surface area contributed by atoms with Crippen molar-refractivity contribution in [2.24, 2.45) is 0 Å². The molecule has 0 saturated heterocycles. The van der Waals surface area contributed by atoms with Crippen LogP contribution in [0.1, 0.15) is 53.4 Å². The molecule has 0 N–H and O–H groups in total. The molecule has 1 unspecified atom stereocenters. The first-order valence-electron chi connectivity index (χ1n) is 6.36. The predicted molar refractivity (Wildman–Crippen MR) is 75.5 cm³/mol. The third kappa shape index (κ3) is 7.92. The van der Waals surface area contributed by atoms with Crippen LogP contribution in [0.3, 0.4) is 0 Å². The van der Waals surface area contributed by atoms with Crippen LogP contribution in [0.5, 0.6) is 0 Å². The summed E-state index contributed by atoms with van der Waals surface area (Å²) in [5.74, 6) is 1.03. The fourth-order valence-electron chi connectivity index (χ4n) is 1.37. The van der Waals surface area contributed by atoms with Crippen LogP contribution in [-0.4, -0.2) is 34.6 Å². The van der Waals surface area contributed by atoms with Gasteiger partial charge in [-0.05, 0) is 26.7 Å². The zero-order valence-corrected chi connectivity index (χ0v) is 13.1. The van der Waals surface area contributed by atoms with Crippen LogP contribution in [-0.2, 0) is 20.6 Å². The lowest BCUT2D eigenvalue weighted by Crippen LogP contribution is -2.17. The van der Waals surface area contributed by atoms with Crippen molar-refractivity contribution in [1.29, 1.82) is 0 Å². The van der Waals surface area contributed by atoms with Gasteiger partial charge in [-0.1, -0.05) is 26.7 Å². The number of hydrogen-bond donors (Lipinski definition) is 0. The summed E-state index contributed by atoms with van der Waals surface area (Å²) in [6, 6.07) is 0. The summed E-state index contributed by atoms with van der Waals surface area (Å²) < 4.78 is 34.5. The molecular weight excluding hydrogens is 256 g/mol. The van der Waals surface area contributed by atoms with Gasteiger partial charge in [0.15, 0.2) is 9.84 Å². The number of unbranched alkanes of at least 4 members (excludes halogenated alkanes) is 3. The van der Waals surface area contributed by atoms with Gasteiger partial charge in [0.2, 0.25) is 0 Å². The van der Waals surface area contributed by atoms with Gasteiger partial charge in [-0.2, -0.15) is 0 Å². The van der Waals surface area contributed by atoms with E-state index < -0.39 is 20.6 Å². The molecule has 0 aromatic rings. The molecule has 0 aromatic carbocycles. The SMILES string of the molecule is CC(C)S(=O)CCCCCCS(=O)(=O)C(C)C. The Morgan fingerprint density at radius 3 is 1.94 bits per heavy atom. The Bertz CT molecular complexity index is 319. The summed E-state index contributed by atoms with van der Waals surface area (Å²) in [5.41, 5.74) is 0. The molecule has 0 rings (SSSR count).